The Hall–Kier alpha value is -1.32. The van der Waals surface area contributed by atoms with Crippen molar-refractivity contribution in [1.29, 1.82) is 0 Å². The number of rotatable bonds is 20. The van der Waals surface area contributed by atoms with Gasteiger partial charge in [0.25, 0.3) is 0 Å². The summed E-state index contributed by atoms with van der Waals surface area (Å²) in [5, 5.41) is 17.9. The molecular weight excluding hydrogens is 340 g/mol. The maximum absolute atomic E-state index is 11.3. The highest BCUT2D eigenvalue weighted by Gasteiger charge is 2.06. The van der Waals surface area contributed by atoms with Crippen LogP contribution in [0.15, 0.2) is 11.6 Å². The zero-order valence-electron chi connectivity index (χ0n) is 17.5. The molecule has 0 aliphatic carbocycles. The highest BCUT2D eigenvalue weighted by atomic mass is 16.4. The predicted octanol–water partition coefficient (Wildman–Crippen LogP) is 7.12. The second-order valence-corrected chi connectivity index (χ2v) is 7.67. The minimum Gasteiger partial charge on any atom is -0.481 e. The van der Waals surface area contributed by atoms with E-state index in [9.17, 15) is 14.7 Å². The number of aliphatic carboxylic acids is 2. The van der Waals surface area contributed by atoms with Crippen molar-refractivity contribution in [2.75, 3.05) is 0 Å². The quantitative estimate of drug-likeness (QED) is 0.173. The number of hydrogen-bond donors (Lipinski definition) is 2. The molecule has 27 heavy (non-hydrogen) atoms. The van der Waals surface area contributed by atoms with Crippen LogP contribution in [0.25, 0.3) is 0 Å². The van der Waals surface area contributed by atoms with Crippen LogP contribution in [0.3, 0.4) is 0 Å². The van der Waals surface area contributed by atoms with Crippen molar-refractivity contribution >= 4 is 11.9 Å². The van der Waals surface area contributed by atoms with Gasteiger partial charge in [-0.15, -0.1) is 0 Å². The van der Waals surface area contributed by atoms with Gasteiger partial charge in [0, 0.05) is 12.0 Å². The van der Waals surface area contributed by atoms with E-state index in [1.165, 1.54) is 51.4 Å². The molecule has 2 N–H and O–H groups in total. The molecule has 0 radical (unpaired) electrons. The lowest BCUT2D eigenvalue weighted by Gasteiger charge is -2.04. The Labute approximate surface area is 166 Å². The molecule has 0 aromatic heterocycles. The summed E-state index contributed by atoms with van der Waals surface area (Å²) < 4.78 is 0. The molecule has 0 amide bonds. The molecule has 0 spiro atoms. The molecule has 0 unspecified atom stereocenters. The Morgan fingerprint density at radius 3 is 1.56 bits per heavy atom. The van der Waals surface area contributed by atoms with Gasteiger partial charge in [0.1, 0.15) is 0 Å². The zero-order chi connectivity index (χ0) is 20.2. The van der Waals surface area contributed by atoms with Gasteiger partial charge in [0.2, 0.25) is 0 Å². The predicted molar refractivity (Wildman–Crippen MR) is 112 cm³/mol. The van der Waals surface area contributed by atoms with Gasteiger partial charge in [-0.3, -0.25) is 4.79 Å². The van der Waals surface area contributed by atoms with Gasteiger partial charge < -0.3 is 10.2 Å². The molecule has 0 rings (SSSR count). The number of hydrogen-bond acceptors (Lipinski definition) is 2. The van der Waals surface area contributed by atoms with E-state index in [1.54, 1.807) is 0 Å². The molecule has 4 heteroatoms. The SMILES string of the molecule is CCCCCCCCCCCC=C(CCCCCCCCC(=O)O)C(=O)O. The van der Waals surface area contributed by atoms with Crippen molar-refractivity contribution in [2.24, 2.45) is 0 Å². The van der Waals surface area contributed by atoms with Crippen LogP contribution in [-0.4, -0.2) is 22.2 Å². The summed E-state index contributed by atoms with van der Waals surface area (Å²) in [6.07, 6.45) is 21.0. The van der Waals surface area contributed by atoms with Gasteiger partial charge in [-0.25, -0.2) is 4.79 Å². The summed E-state index contributed by atoms with van der Waals surface area (Å²) in [6.45, 7) is 2.24. The maximum atomic E-state index is 11.3. The van der Waals surface area contributed by atoms with Crippen molar-refractivity contribution in [2.45, 2.75) is 122 Å². The summed E-state index contributed by atoms with van der Waals surface area (Å²) >= 11 is 0. The molecule has 0 aromatic rings. The Morgan fingerprint density at radius 1 is 0.630 bits per heavy atom. The molecule has 0 saturated heterocycles. The first kappa shape index (κ1) is 25.7. The lowest BCUT2D eigenvalue weighted by Crippen LogP contribution is -2.01. The van der Waals surface area contributed by atoms with Crippen LogP contribution in [0.2, 0.25) is 0 Å². The van der Waals surface area contributed by atoms with Crippen LogP contribution >= 0.6 is 0 Å². The molecular formula is C23H42O4. The highest BCUT2D eigenvalue weighted by Crippen LogP contribution is 2.15. The fourth-order valence-corrected chi connectivity index (χ4v) is 3.33. The van der Waals surface area contributed by atoms with Crippen LogP contribution in [0.4, 0.5) is 0 Å². The van der Waals surface area contributed by atoms with Crippen LogP contribution in [0, 0.1) is 0 Å². The minimum atomic E-state index is -0.771. The normalized spacial score (nSPS) is 11.7. The molecule has 0 aliphatic rings. The second kappa shape index (κ2) is 19.4. The molecule has 158 valence electrons. The lowest BCUT2D eigenvalue weighted by atomic mass is 10.0. The standard InChI is InChI=1S/C23H42O4/c1-2-3-4-5-6-7-8-9-12-15-18-21(23(26)27)19-16-13-10-11-14-17-20-22(24)25/h18H,2-17,19-20H2,1H3,(H,24,25)(H,26,27). The summed E-state index contributed by atoms with van der Waals surface area (Å²) in [7, 11) is 0. The molecule has 0 aromatic carbocycles. The van der Waals surface area contributed by atoms with E-state index in [1.807, 2.05) is 6.08 Å². The third-order valence-electron chi connectivity index (χ3n) is 5.06. The lowest BCUT2D eigenvalue weighted by molar-refractivity contribution is -0.137. The van der Waals surface area contributed by atoms with Gasteiger partial charge in [0.15, 0.2) is 0 Å². The second-order valence-electron chi connectivity index (χ2n) is 7.67. The van der Waals surface area contributed by atoms with Crippen LogP contribution < -0.4 is 0 Å². The van der Waals surface area contributed by atoms with Crippen LogP contribution in [0.1, 0.15) is 122 Å². The third kappa shape index (κ3) is 19.3. The fourth-order valence-electron chi connectivity index (χ4n) is 3.33. The van der Waals surface area contributed by atoms with Gasteiger partial charge >= 0.3 is 11.9 Å². The maximum Gasteiger partial charge on any atom is 0.331 e. The zero-order valence-corrected chi connectivity index (χ0v) is 17.5. The van der Waals surface area contributed by atoms with Crippen molar-refractivity contribution in [3.63, 3.8) is 0 Å². The van der Waals surface area contributed by atoms with Gasteiger partial charge in [-0.05, 0) is 32.1 Å². The van der Waals surface area contributed by atoms with E-state index in [4.69, 9.17) is 5.11 Å². The van der Waals surface area contributed by atoms with Crippen molar-refractivity contribution in [3.05, 3.63) is 11.6 Å². The number of allylic oxidation sites excluding steroid dienone is 1. The largest absolute Gasteiger partial charge is 0.481 e. The van der Waals surface area contributed by atoms with E-state index in [2.05, 4.69) is 6.92 Å². The molecule has 0 fully saturated rings. The molecule has 0 heterocycles. The monoisotopic (exact) mass is 382 g/mol. The summed E-state index contributed by atoms with van der Waals surface area (Å²) in [5.41, 5.74) is 0.570. The number of carboxylic acids is 2. The third-order valence-corrected chi connectivity index (χ3v) is 5.06. The fraction of sp³-hybridized carbons (Fsp3) is 0.826. The average molecular weight is 383 g/mol. The molecule has 0 aliphatic heterocycles. The van der Waals surface area contributed by atoms with Gasteiger partial charge in [0.05, 0.1) is 0 Å². The van der Waals surface area contributed by atoms with Crippen molar-refractivity contribution < 1.29 is 19.8 Å². The smallest absolute Gasteiger partial charge is 0.331 e. The number of unbranched alkanes of at least 4 members (excludes halogenated alkanes) is 14. The Balaban J connectivity index is 3.62. The van der Waals surface area contributed by atoms with E-state index >= 15 is 0 Å². The van der Waals surface area contributed by atoms with Gasteiger partial charge in [-0.2, -0.15) is 0 Å². The number of carboxylic acid groups (broad SMARTS) is 2. The average Bonchev–Trinajstić information content (AvgIpc) is 2.63. The molecule has 0 bridgehead atoms. The Morgan fingerprint density at radius 2 is 1.07 bits per heavy atom. The molecule has 4 nitrogen and oxygen atoms in total. The first-order valence-electron chi connectivity index (χ1n) is 11.2. The topological polar surface area (TPSA) is 74.6 Å². The summed E-state index contributed by atoms with van der Waals surface area (Å²) in [4.78, 5) is 21.8. The Bertz CT molecular complexity index is 401. The van der Waals surface area contributed by atoms with E-state index in [0.717, 1.165) is 51.4 Å². The molecule has 0 atom stereocenters. The van der Waals surface area contributed by atoms with Crippen LogP contribution in [0.5, 0.6) is 0 Å². The van der Waals surface area contributed by atoms with Crippen molar-refractivity contribution in [3.8, 4) is 0 Å². The summed E-state index contributed by atoms with van der Waals surface area (Å²) in [5.74, 6) is -1.49. The van der Waals surface area contributed by atoms with E-state index in [0.29, 0.717) is 12.0 Å². The Kier molecular flexibility index (Phi) is 18.5. The highest BCUT2D eigenvalue weighted by molar-refractivity contribution is 5.86. The summed E-state index contributed by atoms with van der Waals surface area (Å²) in [6, 6.07) is 0. The van der Waals surface area contributed by atoms with E-state index < -0.39 is 11.9 Å². The number of carbonyl (C=O) groups is 2. The first-order valence-corrected chi connectivity index (χ1v) is 11.2. The minimum absolute atomic E-state index is 0.255. The van der Waals surface area contributed by atoms with E-state index in [-0.39, 0.29) is 6.42 Å². The first-order chi connectivity index (χ1) is 13.1. The van der Waals surface area contributed by atoms with Crippen LogP contribution in [-0.2, 0) is 9.59 Å². The van der Waals surface area contributed by atoms with Gasteiger partial charge in [-0.1, -0.05) is 90.0 Å². The van der Waals surface area contributed by atoms with Crippen molar-refractivity contribution in [1.82, 2.24) is 0 Å². The molecule has 0 saturated carbocycles.